The number of hydrogen-bond acceptors (Lipinski definition) is 2. The molecule has 0 fully saturated rings. The average molecular weight is 312 g/mol. The molecule has 0 radical (unpaired) electrons. The van der Waals surface area contributed by atoms with Crippen molar-refractivity contribution in [3.8, 4) is 0 Å². The van der Waals surface area contributed by atoms with Crippen molar-refractivity contribution in [2.45, 2.75) is 12.5 Å². The zero-order valence-corrected chi connectivity index (χ0v) is 11.9. The fourth-order valence-electron chi connectivity index (χ4n) is 2.00. The summed E-state index contributed by atoms with van der Waals surface area (Å²) in [5, 5.41) is 7.39. The molecule has 0 saturated heterocycles. The monoisotopic (exact) mass is 311 g/mol. The van der Waals surface area contributed by atoms with Crippen LogP contribution in [0.1, 0.15) is 17.3 Å². The standard InChI is InChI=1S/C13H15BrFN3/c1-16-12(13-5-6-17-18(13)2)8-9-7-10(15)3-4-11(9)14/h3-7,12,16H,8H2,1-2H3. The summed E-state index contributed by atoms with van der Waals surface area (Å²) in [6, 6.07) is 6.82. The number of nitrogens with one attached hydrogen (secondary N) is 1. The summed E-state index contributed by atoms with van der Waals surface area (Å²) in [7, 11) is 3.80. The Hall–Kier alpha value is -1.20. The lowest BCUT2D eigenvalue weighted by molar-refractivity contribution is 0.534. The normalized spacial score (nSPS) is 12.7. The lowest BCUT2D eigenvalue weighted by atomic mass is 10.0. The first-order valence-corrected chi connectivity index (χ1v) is 6.50. The highest BCUT2D eigenvalue weighted by molar-refractivity contribution is 9.10. The number of nitrogens with zero attached hydrogens (tertiary/aromatic N) is 2. The van der Waals surface area contributed by atoms with Gasteiger partial charge in [0.1, 0.15) is 5.82 Å². The molecule has 1 atom stereocenters. The first kappa shape index (κ1) is 13.2. The van der Waals surface area contributed by atoms with E-state index in [4.69, 9.17) is 0 Å². The smallest absolute Gasteiger partial charge is 0.123 e. The van der Waals surface area contributed by atoms with Crippen molar-refractivity contribution in [2.24, 2.45) is 7.05 Å². The van der Waals surface area contributed by atoms with Gasteiger partial charge in [-0.1, -0.05) is 15.9 Å². The predicted molar refractivity (Wildman–Crippen MR) is 72.8 cm³/mol. The largest absolute Gasteiger partial charge is 0.311 e. The molecule has 18 heavy (non-hydrogen) atoms. The van der Waals surface area contributed by atoms with Gasteiger partial charge >= 0.3 is 0 Å². The second-order valence-corrected chi connectivity index (χ2v) is 5.02. The molecular formula is C13H15BrFN3. The van der Waals surface area contributed by atoms with Gasteiger partial charge in [0.15, 0.2) is 0 Å². The minimum atomic E-state index is -0.215. The number of aryl methyl sites for hydroxylation is 1. The molecule has 0 aliphatic heterocycles. The molecular weight excluding hydrogens is 297 g/mol. The number of likely N-dealkylation sites (N-methyl/N-ethyl adjacent to an activating group) is 1. The van der Waals surface area contributed by atoms with Crippen LogP contribution in [0.3, 0.4) is 0 Å². The first-order chi connectivity index (χ1) is 8.61. The van der Waals surface area contributed by atoms with Gasteiger partial charge in [0, 0.05) is 17.7 Å². The van der Waals surface area contributed by atoms with Gasteiger partial charge in [-0.05, 0) is 43.3 Å². The van der Waals surface area contributed by atoms with E-state index >= 15 is 0 Å². The maximum absolute atomic E-state index is 13.3. The zero-order valence-electron chi connectivity index (χ0n) is 10.3. The molecule has 3 nitrogen and oxygen atoms in total. The molecule has 0 bridgehead atoms. The lowest BCUT2D eigenvalue weighted by Gasteiger charge is -2.17. The van der Waals surface area contributed by atoms with E-state index in [1.54, 1.807) is 18.3 Å². The molecule has 1 aromatic heterocycles. The molecule has 1 unspecified atom stereocenters. The topological polar surface area (TPSA) is 29.9 Å². The molecule has 1 heterocycles. The SMILES string of the molecule is CNC(Cc1cc(F)ccc1Br)c1ccnn1C. The molecule has 1 N–H and O–H groups in total. The third-order valence-corrected chi connectivity index (χ3v) is 3.77. The third-order valence-electron chi connectivity index (χ3n) is 3.00. The Morgan fingerprint density at radius 3 is 2.83 bits per heavy atom. The van der Waals surface area contributed by atoms with Crippen LogP contribution < -0.4 is 5.32 Å². The summed E-state index contributed by atoms with van der Waals surface area (Å²) in [4.78, 5) is 0. The van der Waals surface area contributed by atoms with Crippen LogP contribution in [-0.4, -0.2) is 16.8 Å². The first-order valence-electron chi connectivity index (χ1n) is 5.71. The van der Waals surface area contributed by atoms with E-state index in [9.17, 15) is 4.39 Å². The number of hydrogen-bond donors (Lipinski definition) is 1. The molecule has 2 aromatic rings. The van der Waals surface area contributed by atoms with Gasteiger partial charge in [-0.3, -0.25) is 4.68 Å². The van der Waals surface area contributed by atoms with Crippen LogP contribution in [0.15, 0.2) is 34.9 Å². The van der Waals surface area contributed by atoms with Crippen molar-refractivity contribution >= 4 is 15.9 Å². The fraction of sp³-hybridized carbons (Fsp3) is 0.308. The Bertz CT molecular complexity index is 539. The van der Waals surface area contributed by atoms with Crippen LogP contribution in [-0.2, 0) is 13.5 Å². The third kappa shape index (κ3) is 2.79. The molecule has 1 aromatic carbocycles. The second-order valence-electron chi connectivity index (χ2n) is 4.16. The predicted octanol–water partition coefficient (Wildman–Crippen LogP) is 2.82. The second kappa shape index (κ2) is 5.63. The maximum atomic E-state index is 13.3. The number of rotatable bonds is 4. The molecule has 0 saturated carbocycles. The molecule has 2 rings (SSSR count). The minimum absolute atomic E-state index is 0.107. The molecule has 96 valence electrons. The van der Waals surface area contributed by atoms with Crippen LogP contribution in [0, 0.1) is 5.82 Å². The van der Waals surface area contributed by atoms with Crippen molar-refractivity contribution < 1.29 is 4.39 Å². The summed E-state index contributed by atoms with van der Waals surface area (Å²) in [6.07, 6.45) is 2.47. The van der Waals surface area contributed by atoms with Crippen molar-refractivity contribution in [1.29, 1.82) is 0 Å². The van der Waals surface area contributed by atoms with Crippen LogP contribution in [0.5, 0.6) is 0 Å². The van der Waals surface area contributed by atoms with E-state index in [-0.39, 0.29) is 11.9 Å². The summed E-state index contributed by atoms with van der Waals surface area (Å²) < 4.78 is 16.0. The summed E-state index contributed by atoms with van der Waals surface area (Å²) in [5.74, 6) is -0.215. The molecule has 0 aliphatic carbocycles. The lowest BCUT2D eigenvalue weighted by Crippen LogP contribution is -2.21. The van der Waals surface area contributed by atoms with Crippen LogP contribution in [0.4, 0.5) is 4.39 Å². The fourth-order valence-corrected chi connectivity index (χ4v) is 2.41. The van der Waals surface area contributed by atoms with Gasteiger partial charge in [0.2, 0.25) is 0 Å². The van der Waals surface area contributed by atoms with Gasteiger partial charge in [-0.25, -0.2) is 4.39 Å². The van der Waals surface area contributed by atoms with Crippen molar-refractivity contribution in [1.82, 2.24) is 15.1 Å². The van der Waals surface area contributed by atoms with Crippen LogP contribution in [0.25, 0.3) is 0 Å². The van der Waals surface area contributed by atoms with Gasteiger partial charge in [0.25, 0.3) is 0 Å². The number of halogens is 2. The Morgan fingerprint density at radius 2 is 2.22 bits per heavy atom. The number of aromatic nitrogens is 2. The van der Waals surface area contributed by atoms with Gasteiger partial charge in [0.05, 0.1) is 11.7 Å². The van der Waals surface area contributed by atoms with E-state index in [0.29, 0.717) is 6.42 Å². The Kier molecular flexibility index (Phi) is 4.14. The minimum Gasteiger partial charge on any atom is -0.311 e. The summed E-state index contributed by atoms with van der Waals surface area (Å²) in [5.41, 5.74) is 2.02. The molecule has 5 heteroatoms. The Morgan fingerprint density at radius 1 is 1.44 bits per heavy atom. The van der Waals surface area contributed by atoms with Crippen LogP contribution in [0.2, 0.25) is 0 Å². The van der Waals surface area contributed by atoms with E-state index < -0.39 is 0 Å². The molecule has 0 aliphatic rings. The zero-order chi connectivity index (χ0) is 13.1. The van der Waals surface area contributed by atoms with Crippen molar-refractivity contribution in [3.63, 3.8) is 0 Å². The Labute approximate surface area is 114 Å². The van der Waals surface area contributed by atoms with Crippen molar-refractivity contribution in [2.75, 3.05) is 7.05 Å². The van der Waals surface area contributed by atoms with E-state index in [2.05, 4.69) is 26.3 Å². The van der Waals surface area contributed by atoms with Crippen LogP contribution >= 0.6 is 15.9 Å². The summed E-state index contributed by atoms with van der Waals surface area (Å²) >= 11 is 3.45. The van der Waals surface area contributed by atoms with E-state index in [1.807, 2.05) is 24.8 Å². The molecule has 0 amide bonds. The van der Waals surface area contributed by atoms with E-state index in [0.717, 1.165) is 15.7 Å². The molecule has 0 spiro atoms. The van der Waals surface area contributed by atoms with Crippen molar-refractivity contribution in [3.05, 3.63) is 52.0 Å². The Balaban J connectivity index is 2.26. The number of benzene rings is 1. The highest BCUT2D eigenvalue weighted by Gasteiger charge is 2.15. The van der Waals surface area contributed by atoms with Gasteiger partial charge in [-0.2, -0.15) is 5.10 Å². The average Bonchev–Trinajstić information content (AvgIpc) is 2.77. The van der Waals surface area contributed by atoms with E-state index in [1.165, 1.54) is 6.07 Å². The highest BCUT2D eigenvalue weighted by Crippen LogP contribution is 2.24. The summed E-state index contributed by atoms with van der Waals surface area (Å²) in [6.45, 7) is 0. The maximum Gasteiger partial charge on any atom is 0.123 e. The van der Waals surface area contributed by atoms with Gasteiger partial charge < -0.3 is 5.32 Å². The quantitative estimate of drug-likeness (QED) is 0.941. The highest BCUT2D eigenvalue weighted by atomic mass is 79.9. The van der Waals surface area contributed by atoms with Gasteiger partial charge in [-0.15, -0.1) is 0 Å².